The number of rotatable bonds is 0. The van der Waals surface area contributed by atoms with E-state index in [0.717, 1.165) is 13.2 Å². The van der Waals surface area contributed by atoms with Crippen LogP contribution < -0.4 is 0 Å². The lowest BCUT2D eigenvalue weighted by Gasteiger charge is -1.76. The Bertz CT molecular complexity index is 20.5. The third-order valence-electron chi connectivity index (χ3n) is 0.827. The van der Waals surface area contributed by atoms with Crippen LogP contribution in [0.4, 0.5) is 0 Å². The first kappa shape index (κ1) is 23.2. The largest absolute Gasteiger partial charge is 0.412 e. The van der Waals surface area contributed by atoms with E-state index in [0.29, 0.717) is 0 Å². The molecule has 0 aliphatic carbocycles. The van der Waals surface area contributed by atoms with Crippen LogP contribution in [0.1, 0.15) is 12.8 Å². The van der Waals surface area contributed by atoms with Crippen molar-refractivity contribution in [1.29, 1.82) is 0 Å². The van der Waals surface area contributed by atoms with Crippen LogP contribution in [0.15, 0.2) is 0 Å². The Morgan fingerprint density at radius 3 is 1.11 bits per heavy atom. The first-order valence-corrected chi connectivity index (χ1v) is 2.08. The molecule has 5 heteroatoms. The average Bonchev–Trinajstić information content (AvgIpc) is 1.76. The van der Waals surface area contributed by atoms with Gasteiger partial charge in [0.05, 0.1) is 0 Å². The third-order valence-corrected chi connectivity index (χ3v) is 0.827. The van der Waals surface area contributed by atoms with Crippen LogP contribution in [-0.4, -0.2) is 35.1 Å². The summed E-state index contributed by atoms with van der Waals surface area (Å²) < 4.78 is 4.94. The summed E-state index contributed by atoms with van der Waals surface area (Å²) in [5, 5.41) is 0. The summed E-state index contributed by atoms with van der Waals surface area (Å²) in [5.74, 6) is 0. The lowest BCUT2D eigenvalue weighted by Crippen LogP contribution is -1.74. The van der Waals surface area contributed by atoms with E-state index in [4.69, 9.17) is 4.74 Å². The molecule has 9 heavy (non-hydrogen) atoms. The summed E-state index contributed by atoms with van der Waals surface area (Å²) in [6.07, 6.45) is 2.56. The van der Waals surface area contributed by atoms with E-state index in [1.165, 1.54) is 12.8 Å². The van der Waals surface area contributed by atoms with Crippen molar-refractivity contribution in [3.63, 3.8) is 0 Å². The van der Waals surface area contributed by atoms with E-state index in [-0.39, 0.29) is 21.9 Å². The van der Waals surface area contributed by atoms with E-state index in [1.807, 2.05) is 0 Å². The Hall–Kier alpha value is -0.200. The second-order valence-electron chi connectivity index (χ2n) is 1.32. The highest BCUT2D eigenvalue weighted by atomic mass is 16.5. The predicted molar refractivity (Wildman–Crippen MR) is 34.5 cm³/mol. The van der Waals surface area contributed by atoms with Gasteiger partial charge in [-0.3, -0.25) is 0 Å². The van der Waals surface area contributed by atoms with Gasteiger partial charge in [0.25, 0.3) is 0 Å². The Labute approximate surface area is 53.9 Å². The van der Waals surface area contributed by atoms with Gasteiger partial charge < -0.3 is 26.6 Å². The van der Waals surface area contributed by atoms with Crippen LogP contribution in [0.3, 0.4) is 0 Å². The zero-order chi connectivity index (χ0) is 3.54. The maximum absolute atomic E-state index is 4.94. The zero-order valence-electron chi connectivity index (χ0n) is 5.24. The Morgan fingerprint density at radius 1 is 0.667 bits per heavy atom. The molecule has 0 aromatic rings. The fourth-order valence-corrected chi connectivity index (χ4v) is 0.510. The molecule has 0 spiro atoms. The lowest BCUT2D eigenvalue weighted by molar-refractivity contribution is 0.198. The molecule has 1 rings (SSSR count). The molecule has 0 saturated carbocycles. The van der Waals surface area contributed by atoms with Crippen molar-refractivity contribution in [2.45, 2.75) is 12.8 Å². The molecule has 1 aliphatic rings. The minimum absolute atomic E-state index is 0. The van der Waals surface area contributed by atoms with Gasteiger partial charge in [-0.05, 0) is 12.8 Å². The molecule has 0 unspecified atom stereocenters. The summed E-state index contributed by atoms with van der Waals surface area (Å²) in [4.78, 5) is 0. The summed E-state index contributed by atoms with van der Waals surface area (Å²) in [7, 11) is 0. The van der Waals surface area contributed by atoms with Crippen LogP contribution in [-0.2, 0) is 4.74 Å². The van der Waals surface area contributed by atoms with Gasteiger partial charge in [-0.2, -0.15) is 0 Å². The van der Waals surface area contributed by atoms with Gasteiger partial charge in [-0.1, -0.05) is 0 Å². The molecule has 5 nitrogen and oxygen atoms in total. The molecule has 0 aromatic carbocycles. The standard InChI is InChI=1S/C4H8O.4H2O/c1-2-4-5-3-1;;;;/h1-4H2;4*1H2. The highest BCUT2D eigenvalue weighted by molar-refractivity contribution is 4.43. The van der Waals surface area contributed by atoms with Crippen LogP contribution in [0, 0.1) is 0 Å². The van der Waals surface area contributed by atoms with Gasteiger partial charge in [0.15, 0.2) is 0 Å². The van der Waals surface area contributed by atoms with Gasteiger partial charge in [-0.25, -0.2) is 0 Å². The maximum Gasteiger partial charge on any atom is 0.0466 e. The van der Waals surface area contributed by atoms with Crippen molar-refractivity contribution < 1.29 is 26.6 Å². The van der Waals surface area contributed by atoms with Gasteiger partial charge >= 0.3 is 0 Å². The van der Waals surface area contributed by atoms with Crippen molar-refractivity contribution in [3.8, 4) is 0 Å². The minimum Gasteiger partial charge on any atom is -0.412 e. The van der Waals surface area contributed by atoms with E-state index >= 15 is 0 Å². The lowest BCUT2D eigenvalue weighted by atomic mass is 10.4. The normalized spacial score (nSPS) is 13.3. The average molecular weight is 144 g/mol. The molecule has 62 valence electrons. The van der Waals surface area contributed by atoms with E-state index < -0.39 is 0 Å². The van der Waals surface area contributed by atoms with Gasteiger partial charge in [0, 0.05) is 13.2 Å². The molecule has 1 fully saturated rings. The maximum atomic E-state index is 4.94. The molecule has 1 heterocycles. The molecule has 0 radical (unpaired) electrons. The quantitative estimate of drug-likeness (QED) is 0.364. The summed E-state index contributed by atoms with van der Waals surface area (Å²) in [6.45, 7) is 2.00. The molecule has 1 aliphatic heterocycles. The van der Waals surface area contributed by atoms with Gasteiger partial charge in [0.2, 0.25) is 0 Å². The molecular weight excluding hydrogens is 128 g/mol. The smallest absolute Gasteiger partial charge is 0.0466 e. The number of hydrogen-bond acceptors (Lipinski definition) is 1. The second kappa shape index (κ2) is 15.7. The van der Waals surface area contributed by atoms with Gasteiger partial charge in [-0.15, -0.1) is 0 Å². The van der Waals surface area contributed by atoms with Crippen LogP contribution in [0.5, 0.6) is 0 Å². The second-order valence-corrected chi connectivity index (χ2v) is 1.32. The van der Waals surface area contributed by atoms with Crippen LogP contribution in [0.25, 0.3) is 0 Å². The predicted octanol–water partition coefficient (Wildman–Crippen LogP) is -2.50. The Kier molecular flexibility index (Phi) is 40.4. The molecule has 0 amide bonds. The SMILES string of the molecule is C1CCOC1.O.O.O.O. The van der Waals surface area contributed by atoms with E-state index in [9.17, 15) is 0 Å². The molecule has 1 saturated heterocycles. The first-order chi connectivity index (χ1) is 2.50. The van der Waals surface area contributed by atoms with E-state index in [1.54, 1.807) is 0 Å². The van der Waals surface area contributed by atoms with Crippen LogP contribution in [0.2, 0.25) is 0 Å². The van der Waals surface area contributed by atoms with E-state index in [2.05, 4.69) is 0 Å². The number of ether oxygens (including phenoxy) is 1. The molecule has 8 N–H and O–H groups in total. The molecule has 0 atom stereocenters. The van der Waals surface area contributed by atoms with Crippen molar-refractivity contribution >= 4 is 0 Å². The Morgan fingerprint density at radius 2 is 1.00 bits per heavy atom. The zero-order valence-corrected chi connectivity index (χ0v) is 5.24. The van der Waals surface area contributed by atoms with Crippen molar-refractivity contribution in [2.75, 3.05) is 13.2 Å². The fraction of sp³-hybridized carbons (Fsp3) is 1.00. The molecular formula is C4H16O5. The summed E-state index contributed by atoms with van der Waals surface area (Å²) in [5.41, 5.74) is 0. The van der Waals surface area contributed by atoms with Crippen molar-refractivity contribution in [1.82, 2.24) is 0 Å². The summed E-state index contributed by atoms with van der Waals surface area (Å²) >= 11 is 0. The third kappa shape index (κ3) is 11.4. The highest BCUT2D eigenvalue weighted by Crippen LogP contribution is 1.98. The van der Waals surface area contributed by atoms with Crippen LogP contribution >= 0.6 is 0 Å². The Balaban J connectivity index is -0.0000000312. The number of hydrogen-bond donors (Lipinski definition) is 0. The monoisotopic (exact) mass is 144 g/mol. The fourth-order valence-electron chi connectivity index (χ4n) is 0.510. The van der Waals surface area contributed by atoms with Crippen molar-refractivity contribution in [3.05, 3.63) is 0 Å². The highest BCUT2D eigenvalue weighted by Gasteiger charge is 1.94. The first-order valence-electron chi connectivity index (χ1n) is 2.08. The topological polar surface area (TPSA) is 135 Å². The van der Waals surface area contributed by atoms with Crippen molar-refractivity contribution in [2.24, 2.45) is 0 Å². The van der Waals surface area contributed by atoms with Gasteiger partial charge in [0.1, 0.15) is 0 Å². The molecule has 0 bridgehead atoms. The molecule has 0 aromatic heterocycles. The summed E-state index contributed by atoms with van der Waals surface area (Å²) in [6, 6.07) is 0. The minimum atomic E-state index is 0.